The van der Waals surface area contributed by atoms with E-state index in [4.69, 9.17) is 0 Å². The molecule has 4 aromatic heterocycles. The lowest BCUT2D eigenvalue weighted by Gasteiger charge is -2.39. The molecule has 5 heterocycles. The lowest BCUT2D eigenvalue weighted by molar-refractivity contribution is -0.0267. The van der Waals surface area contributed by atoms with Gasteiger partial charge in [-0.05, 0) is 30.3 Å². The Morgan fingerprint density at radius 1 is 1.13 bits per heavy atom. The predicted molar refractivity (Wildman–Crippen MR) is 111 cm³/mol. The summed E-state index contributed by atoms with van der Waals surface area (Å²) in [5, 5.41) is 0.868. The Balaban J connectivity index is 1.37. The molecule has 1 fully saturated rings. The smallest absolute Gasteiger partial charge is 0.282 e. The van der Waals surface area contributed by atoms with Crippen molar-refractivity contribution in [2.75, 3.05) is 18.0 Å². The third-order valence-corrected chi connectivity index (χ3v) is 5.29. The lowest BCUT2D eigenvalue weighted by atomic mass is 10.1. The Morgan fingerprint density at radius 3 is 2.71 bits per heavy atom. The number of carbonyl (C=O) groups excluding carboxylic acids is 1. The third kappa shape index (κ3) is 3.74. The van der Waals surface area contributed by atoms with E-state index in [1.807, 2.05) is 23.7 Å². The van der Waals surface area contributed by atoms with Gasteiger partial charge < -0.3 is 9.47 Å². The molecule has 0 aliphatic carbocycles. The van der Waals surface area contributed by atoms with Crippen LogP contribution in [0.5, 0.6) is 0 Å². The molecule has 31 heavy (non-hydrogen) atoms. The number of aryl methyl sites for hydroxylation is 1. The van der Waals surface area contributed by atoms with E-state index >= 15 is 0 Å². The first-order chi connectivity index (χ1) is 14.9. The first-order valence-corrected chi connectivity index (χ1v) is 9.72. The molecule has 0 bridgehead atoms. The van der Waals surface area contributed by atoms with Gasteiger partial charge in [-0.1, -0.05) is 0 Å². The van der Waals surface area contributed by atoms with Crippen molar-refractivity contribution in [2.45, 2.75) is 12.3 Å². The van der Waals surface area contributed by atoms with Crippen LogP contribution in [0.15, 0.2) is 55.2 Å². The zero-order valence-corrected chi connectivity index (χ0v) is 16.7. The van der Waals surface area contributed by atoms with Crippen LogP contribution in [-0.4, -0.2) is 49.3 Å². The van der Waals surface area contributed by atoms with E-state index in [9.17, 15) is 13.6 Å². The number of hydrogen-bond acceptors (Lipinski definition) is 6. The molecular formula is C22H18F2N6O. The molecule has 7 nitrogen and oxygen atoms in total. The van der Waals surface area contributed by atoms with Crippen molar-refractivity contribution in [3.8, 4) is 11.4 Å². The van der Waals surface area contributed by atoms with Crippen molar-refractivity contribution in [3.63, 3.8) is 0 Å². The normalized spacial score (nSPS) is 15.1. The van der Waals surface area contributed by atoms with Crippen LogP contribution in [0.1, 0.15) is 16.1 Å². The number of hydrogen-bond donors (Lipinski definition) is 0. The number of Topliss-reactive ketones (excluding diaryl/α,β-unsaturated/α-hetero) is 1. The summed E-state index contributed by atoms with van der Waals surface area (Å²) in [6, 6.07) is 8.77. The first-order valence-electron chi connectivity index (χ1n) is 9.72. The molecule has 9 heteroatoms. The summed E-state index contributed by atoms with van der Waals surface area (Å²) in [5.41, 5.74) is 3.40. The molecular weight excluding hydrogens is 402 g/mol. The van der Waals surface area contributed by atoms with Gasteiger partial charge in [0.05, 0.1) is 54.6 Å². The SMILES string of the molecule is Cn1cncc1-c1ccc2cnc(CC(=O)c3ccnc(N4CC(F)(F)C4)c3)cc2n1. The van der Waals surface area contributed by atoms with E-state index in [0.29, 0.717) is 17.1 Å². The van der Waals surface area contributed by atoms with Gasteiger partial charge in [0.2, 0.25) is 0 Å². The van der Waals surface area contributed by atoms with Gasteiger partial charge in [0, 0.05) is 30.4 Å². The monoisotopic (exact) mass is 420 g/mol. The van der Waals surface area contributed by atoms with Crippen LogP contribution in [0.4, 0.5) is 14.6 Å². The topological polar surface area (TPSA) is 76.8 Å². The van der Waals surface area contributed by atoms with E-state index in [1.54, 1.807) is 36.9 Å². The van der Waals surface area contributed by atoms with Gasteiger partial charge in [-0.2, -0.15) is 0 Å². The van der Waals surface area contributed by atoms with E-state index < -0.39 is 5.92 Å². The van der Waals surface area contributed by atoms with Crippen LogP contribution in [0.2, 0.25) is 0 Å². The molecule has 0 saturated carbocycles. The summed E-state index contributed by atoms with van der Waals surface area (Å²) in [6.45, 7) is -0.761. The fourth-order valence-corrected chi connectivity index (χ4v) is 3.61. The molecule has 1 aliphatic heterocycles. The van der Waals surface area contributed by atoms with Gasteiger partial charge in [0.25, 0.3) is 5.92 Å². The minimum absolute atomic E-state index is 0.0766. The highest BCUT2D eigenvalue weighted by atomic mass is 19.3. The van der Waals surface area contributed by atoms with Crippen LogP contribution in [0, 0.1) is 0 Å². The average molecular weight is 420 g/mol. The number of alkyl halides is 2. The molecule has 0 amide bonds. The van der Waals surface area contributed by atoms with E-state index in [-0.39, 0.29) is 25.3 Å². The Hall–Kier alpha value is -3.75. The molecule has 0 unspecified atom stereocenters. The van der Waals surface area contributed by atoms with Crippen molar-refractivity contribution in [1.82, 2.24) is 24.5 Å². The summed E-state index contributed by atoms with van der Waals surface area (Å²) >= 11 is 0. The number of anilines is 1. The fourth-order valence-electron chi connectivity index (χ4n) is 3.61. The number of aromatic nitrogens is 5. The minimum atomic E-state index is -2.70. The molecule has 0 atom stereocenters. The van der Waals surface area contributed by atoms with E-state index in [1.165, 1.54) is 11.1 Å². The predicted octanol–water partition coefficient (Wildman–Crippen LogP) is 3.31. The maximum Gasteiger partial charge on any atom is 0.282 e. The average Bonchev–Trinajstić information content (AvgIpc) is 3.17. The number of halogens is 2. The Bertz CT molecular complexity index is 1290. The maximum absolute atomic E-state index is 13.1. The van der Waals surface area contributed by atoms with Crippen LogP contribution in [-0.2, 0) is 13.5 Å². The van der Waals surface area contributed by atoms with Crippen molar-refractivity contribution in [3.05, 3.63) is 66.5 Å². The summed E-state index contributed by atoms with van der Waals surface area (Å²) < 4.78 is 28.2. The second-order valence-corrected chi connectivity index (χ2v) is 7.67. The van der Waals surface area contributed by atoms with Gasteiger partial charge in [0.15, 0.2) is 5.78 Å². The standard InChI is InChI=1S/C22H18F2N6O/c1-29-13-25-10-19(29)17-3-2-15-9-27-16(7-18(15)28-17)8-20(31)14-4-5-26-21(6-14)30-11-22(23,24)12-30/h2-7,9-10,13H,8,11-12H2,1H3. The number of carbonyl (C=O) groups is 1. The Morgan fingerprint density at radius 2 is 1.97 bits per heavy atom. The van der Waals surface area contributed by atoms with E-state index in [2.05, 4.69) is 19.9 Å². The number of rotatable bonds is 5. The van der Waals surface area contributed by atoms with Gasteiger partial charge in [-0.15, -0.1) is 0 Å². The quantitative estimate of drug-likeness (QED) is 0.461. The van der Waals surface area contributed by atoms with Gasteiger partial charge in [-0.3, -0.25) is 9.78 Å². The zero-order chi connectivity index (χ0) is 21.6. The second kappa shape index (κ2) is 7.19. The molecule has 5 rings (SSSR count). The fraction of sp³-hybridized carbons (Fsp3) is 0.227. The highest BCUT2D eigenvalue weighted by Gasteiger charge is 2.44. The lowest BCUT2D eigenvalue weighted by Crippen LogP contribution is -2.56. The van der Waals surface area contributed by atoms with Crippen LogP contribution >= 0.6 is 0 Å². The Labute approximate surface area is 176 Å². The molecule has 1 aliphatic rings. The number of ketones is 1. The molecule has 4 aromatic rings. The van der Waals surface area contributed by atoms with Crippen LogP contribution < -0.4 is 4.90 Å². The highest BCUT2D eigenvalue weighted by molar-refractivity contribution is 5.98. The molecule has 0 radical (unpaired) electrons. The summed E-state index contributed by atoms with van der Waals surface area (Å²) in [4.78, 5) is 31.5. The molecule has 156 valence electrons. The number of imidazole rings is 1. The third-order valence-electron chi connectivity index (χ3n) is 5.29. The summed E-state index contributed by atoms with van der Waals surface area (Å²) in [7, 11) is 1.90. The molecule has 0 spiro atoms. The van der Waals surface area contributed by atoms with Crippen LogP contribution in [0.25, 0.3) is 22.3 Å². The van der Waals surface area contributed by atoms with Crippen molar-refractivity contribution < 1.29 is 13.6 Å². The Kier molecular flexibility index (Phi) is 4.46. The van der Waals surface area contributed by atoms with Gasteiger partial charge in [0.1, 0.15) is 5.82 Å². The second-order valence-electron chi connectivity index (χ2n) is 7.67. The molecule has 0 aromatic carbocycles. The highest BCUT2D eigenvalue weighted by Crippen LogP contribution is 2.31. The maximum atomic E-state index is 13.1. The van der Waals surface area contributed by atoms with E-state index in [0.717, 1.165) is 22.3 Å². The van der Waals surface area contributed by atoms with Gasteiger partial charge >= 0.3 is 0 Å². The molecule has 0 N–H and O–H groups in total. The van der Waals surface area contributed by atoms with Crippen molar-refractivity contribution in [1.29, 1.82) is 0 Å². The van der Waals surface area contributed by atoms with Crippen molar-refractivity contribution >= 4 is 22.5 Å². The minimum Gasteiger partial charge on any atom is -0.344 e. The number of nitrogens with zero attached hydrogens (tertiary/aromatic N) is 6. The number of fused-ring (bicyclic) bond motifs is 1. The van der Waals surface area contributed by atoms with Gasteiger partial charge in [-0.25, -0.2) is 23.7 Å². The largest absolute Gasteiger partial charge is 0.344 e. The zero-order valence-electron chi connectivity index (χ0n) is 16.7. The molecule has 1 saturated heterocycles. The summed E-state index contributed by atoms with van der Waals surface area (Å²) in [6.07, 6.45) is 6.69. The summed E-state index contributed by atoms with van der Waals surface area (Å²) in [5.74, 6) is -2.48. The van der Waals surface area contributed by atoms with Crippen LogP contribution in [0.3, 0.4) is 0 Å². The number of pyridine rings is 3. The van der Waals surface area contributed by atoms with Crippen molar-refractivity contribution in [2.24, 2.45) is 7.05 Å². The first kappa shape index (κ1) is 19.2.